The van der Waals surface area contributed by atoms with Gasteiger partial charge >= 0.3 is 0 Å². The minimum atomic E-state index is -3.64. The van der Waals surface area contributed by atoms with Crippen molar-refractivity contribution in [1.82, 2.24) is 4.31 Å². The molecule has 1 rings (SSSR count). The van der Waals surface area contributed by atoms with Gasteiger partial charge in [0.15, 0.2) is 0 Å². The van der Waals surface area contributed by atoms with Crippen LogP contribution in [0.15, 0.2) is 35.7 Å². The maximum absolute atomic E-state index is 12.4. The Morgan fingerprint density at radius 1 is 1.50 bits per heavy atom. The number of benzene rings is 1. The van der Waals surface area contributed by atoms with Crippen LogP contribution in [-0.4, -0.2) is 25.3 Å². The molecule has 0 aliphatic carbocycles. The fraction of sp³-hybridized carbons (Fsp3) is 0.333. The van der Waals surface area contributed by atoms with Gasteiger partial charge in [-0.15, -0.1) is 6.58 Å². The van der Waals surface area contributed by atoms with Gasteiger partial charge < -0.3 is 5.73 Å². The second-order valence-corrected chi connectivity index (χ2v) is 6.41. The molecular weight excluding hydrogens is 272 g/mol. The quantitative estimate of drug-likeness (QED) is 0.669. The molecule has 1 aromatic rings. The third-order valence-electron chi connectivity index (χ3n) is 2.43. The first-order valence-electron chi connectivity index (χ1n) is 5.48. The van der Waals surface area contributed by atoms with Gasteiger partial charge in [0.05, 0.1) is 5.02 Å². The zero-order valence-electron chi connectivity index (χ0n) is 10.4. The Balaban J connectivity index is 3.30. The van der Waals surface area contributed by atoms with Crippen molar-refractivity contribution in [2.45, 2.75) is 24.8 Å². The molecular formula is C12H17ClN2O2S. The predicted octanol–water partition coefficient (Wildman–Crippen LogP) is 2.51. The highest BCUT2D eigenvalue weighted by Crippen LogP contribution is 2.27. The number of nitrogens with two attached hydrogens (primary N) is 1. The van der Waals surface area contributed by atoms with Crippen LogP contribution in [0.5, 0.6) is 0 Å². The summed E-state index contributed by atoms with van der Waals surface area (Å²) in [7, 11) is -3.64. The smallest absolute Gasteiger partial charge is 0.245 e. The largest absolute Gasteiger partial charge is 0.399 e. The summed E-state index contributed by atoms with van der Waals surface area (Å²) in [5.41, 5.74) is 5.99. The Bertz CT molecular complexity index is 541. The molecule has 0 bridgehead atoms. The van der Waals surface area contributed by atoms with Gasteiger partial charge in [0, 0.05) is 18.3 Å². The lowest BCUT2D eigenvalue weighted by Crippen LogP contribution is -2.37. The first-order valence-corrected chi connectivity index (χ1v) is 7.30. The summed E-state index contributed by atoms with van der Waals surface area (Å²) in [4.78, 5) is 0.0638. The summed E-state index contributed by atoms with van der Waals surface area (Å²) in [6.45, 7) is 7.40. The van der Waals surface area contributed by atoms with Crippen LogP contribution >= 0.6 is 11.6 Å². The second kappa shape index (κ2) is 5.73. The average Bonchev–Trinajstić information content (AvgIpc) is 2.24. The summed E-state index contributed by atoms with van der Waals surface area (Å²) < 4.78 is 26.2. The van der Waals surface area contributed by atoms with Crippen LogP contribution in [-0.2, 0) is 10.0 Å². The monoisotopic (exact) mass is 288 g/mol. The zero-order valence-corrected chi connectivity index (χ0v) is 12.0. The summed E-state index contributed by atoms with van der Waals surface area (Å²) in [6.07, 6.45) is 1.54. The molecule has 1 aromatic carbocycles. The van der Waals surface area contributed by atoms with Gasteiger partial charge in [-0.3, -0.25) is 0 Å². The van der Waals surface area contributed by atoms with E-state index in [1.165, 1.54) is 22.5 Å². The summed E-state index contributed by atoms with van der Waals surface area (Å²) >= 11 is 5.95. The van der Waals surface area contributed by atoms with Crippen LogP contribution in [0.3, 0.4) is 0 Å². The van der Waals surface area contributed by atoms with Gasteiger partial charge in [-0.25, -0.2) is 8.42 Å². The van der Waals surface area contributed by atoms with E-state index >= 15 is 0 Å². The Kier molecular flexibility index (Phi) is 4.78. The van der Waals surface area contributed by atoms with E-state index in [9.17, 15) is 8.42 Å². The topological polar surface area (TPSA) is 63.4 Å². The molecule has 100 valence electrons. The van der Waals surface area contributed by atoms with Crippen LogP contribution in [0.25, 0.3) is 0 Å². The molecule has 6 heteroatoms. The first kappa shape index (κ1) is 15.0. The van der Waals surface area contributed by atoms with Crippen molar-refractivity contribution in [2.24, 2.45) is 0 Å². The highest BCUT2D eigenvalue weighted by Gasteiger charge is 2.27. The van der Waals surface area contributed by atoms with E-state index in [0.29, 0.717) is 5.69 Å². The van der Waals surface area contributed by atoms with E-state index in [-0.39, 0.29) is 22.5 Å². The third-order valence-corrected chi connectivity index (χ3v) is 4.95. The molecule has 0 atom stereocenters. The van der Waals surface area contributed by atoms with Crippen molar-refractivity contribution in [3.8, 4) is 0 Å². The number of hydrogen-bond donors (Lipinski definition) is 1. The maximum atomic E-state index is 12.4. The fourth-order valence-corrected chi connectivity index (χ4v) is 3.70. The predicted molar refractivity (Wildman–Crippen MR) is 75.1 cm³/mol. The van der Waals surface area contributed by atoms with Gasteiger partial charge in [0.1, 0.15) is 4.90 Å². The molecule has 4 nitrogen and oxygen atoms in total. The molecule has 18 heavy (non-hydrogen) atoms. The number of nitrogens with zero attached hydrogens (tertiary/aromatic N) is 1. The first-order chi connectivity index (χ1) is 8.30. The highest BCUT2D eigenvalue weighted by atomic mass is 35.5. The zero-order chi connectivity index (χ0) is 13.9. The molecule has 0 heterocycles. The van der Waals surface area contributed by atoms with Crippen molar-refractivity contribution >= 4 is 27.3 Å². The van der Waals surface area contributed by atoms with Crippen LogP contribution in [0.2, 0.25) is 5.02 Å². The van der Waals surface area contributed by atoms with Gasteiger partial charge in [0.25, 0.3) is 0 Å². The van der Waals surface area contributed by atoms with Crippen molar-refractivity contribution in [1.29, 1.82) is 0 Å². The highest BCUT2D eigenvalue weighted by molar-refractivity contribution is 7.89. The Labute approximate surface area is 113 Å². The van der Waals surface area contributed by atoms with Crippen molar-refractivity contribution in [3.05, 3.63) is 35.9 Å². The van der Waals surface area contributed by atoms with E-state index in [2.05, 4.69) is 6.58 Å². The lowest BCUT2D eigenvalue weighted by molar-refractivity contribution is 0.383. The number of anilines is 1. The minimum Gasteiger partial charge on any atom is -0.399 e. The molecule has 0 unspecified atom stereocenters. The van der Waals surface area contributed by atoms with E-state index in [0.717, 1.165) is 0 Å². The molecule has 0 radical (unpaired) electrons. The lowest BCUT2D eigenvalue weighted by Gasteiger charge is -2.25. The van der Waals surface area contributed by atoms with Crippen molar-refractivity contribution in [2.75, 3.05) is 12.3 Å². The second-order valence-electron chi connectivity index (χ2n) is 4.15. The molecule has 0 spiro atoms. The normalized spacial score (nSPS) is 12.1. The molecule has 0 aliphatic heterocycles. The molecule has 0 aliphatic rings. The number of hydrogen-bond acceptors (Lipinski definition) is 3. The van der Waals surface area contributed by atoms with Gasteiger partial charge in [-0.1, -0.05) is 17.7 Å². The number of rotatable bonds is 5. The molecule has 0 saturated carbocycles. The van der Waals surface area contributed by atoms with Gasteiger partial charge in [-0.2, -0.15) is 4.31 Å². The number of halogens is 1. The van der Waals surface area contributed by atoms with Crippen LogP contribution in [0.1, 0.15) is 13.8 Å². The van der Waals surface area contributed by atoms with Crippen molar-refractivity contribution in [3.63, 3.8) is 0 Å². The summed E-state index contributed by atoms with van der Waals surface area (Å²) in [6, 6.07) is 4.19. The molecule has 0 aromatic heterocycles. The fourth-order valence-electron chi connectivity index (χ4n) is 1.57. The van der Waals surface area contributed by atoms with Crippen molar-refractivity contribution < 1.29 is 8.42 Å². The van der Waals surface area contributed by atoms with E-state index < -0.39 is 10.0 Å². The Hall–Kier alpha value is -1.04. The minimum absolute atomic E-state index is 0.0638. The van der Waals surface area contributed by atoms with E-state index in [1.54, 1.807) is 19.9 Å². The Morgan fingerprint density at radius 2 is 2.11 bits per heavy atom. The molecule has 0 fully saturated rings. The number of sulfonamides is 1. The lowest BCUT2D eigenvalue weighted by atomic mass is 10.3. The summed E-state index contributed by atoms with van der Waals surface area (Å²) in [5, 5.41) is 0.129. The number of nitrogen functional groups attached to an aromatic ring is 1. The molecule has 2 N–H and O–H groups in total. The van der Waals surface area contributed by atoms with Gasteiger partial charge in [-0.05, 0) is 32.0 Å². The van der Waals surface area contributed by atoms with Crippen LogP contribution in [0, 0.1) is 0 Å². The SMILES string of the molecule is C=CCN(C(C)C)S(=O)(=O)c1ccc(N)cc1Cl. The average molecular weight is 289 g/mol. The third kappa shape index (κ3) is 3.04. The molecule has 0 amide bonds. The Morgan fingerprint density at radius 3 is 2.56 bits per heavy atom. The summed E-state index contributed by atoms with van der Waals surface area (Å²) in [5.74, 6) is 0. The van der Waals surface area contributed by atoms with E-state index in [4.69, 9.17) is 17.3 Å². The van der Waals surface area contributed by atoms with Crippen LogP contribution < -0.4 is 5.73 Å². The van der Waals surface area contributed by atoms with E-state index in [1.807, 2.05) is 0 Å². The van der Waals surface area contributed by atoms with Gasteiger partial charge in [0.2, 0.25) is 10.0 Å². The maximum Gasteiger partial charge on any atom is 0.245 e. The standard InChI is InChI=1S/C12H17ClN2O2S/c1-4-7-15(9(2)3)18(16,17)12-6-5-10(14)8-11(12)13/h4-6,8-9H,1,7,14H2,2-3H3. The van der Waals surface area contributed by atoms with Crippen LogP contribution in [0.4, 0.5) is 5.69 Å². The molecule has 0 saturated heterocycles.